The topological polar surface area (TPSA) is 61.4 Å². The standard InChI is InChI=1S/C15H17N3O2S/c19-14-13(21-15(20)17-14)10-11-4-1-2-5-12(11)18-8-3-6-16-7-9-18/h1-2,4-5,10,16H,3,6-9H2,(H,17,19,20). The van der Waals surface area contributed by atoms with Crippen molar-refractivity contribution in [3.05, 3.63) is 34.7 Å². The number of nitrogens with one attached hydrogen (secondary N) is 2. The molecule has 0 bridgehead atoms. The summed E-state index contributed by atoms with van der Waals surface area (Å²) in [5.74, 6) is -0.308. The van der Waals surface area contributed by atoms with Crippen molar-refractivity contribution < 1.29 is 9.59 Å². The molecule has 21 heavy (non-hydrogen) atoms. The van der Waals surface area contributed by atoms with Crippen LogP contribution in [0.15, 0.2) is 29.2 Å². The van der Waals surface area contributed by atoms with Gasteiger partial charge in [0, 0.05) is 25.3 Å². The minimum absolute atomic E-state index is 0.303. The third-order valence-corrected chi connectivity index (χ3v) is 4.36. The Balaban J connectivity index is 1.90. The summed E-state index contributed by atoms with van der Waals surface area (Å²) in [4.78, 5) is 25.7. The van der Waals surface area contributed by atoms with Gasteiger partial charge in [0.25, 0.3) is 11.1 Å². The van der Waals surface area contributed by atoms with Crippen LogP contribution in [0.25, 0.3) is 6.08 Å². The normalized spacial score (nSPS) is 21.5. The Morgan fingerprint density at radius 1 is 1.14 bits per heavy atom. The zero-order valence-electron chi connectivity index (χ0n) is 11.6. The first kappa shape index (κ1) is 14.2. The summed E-state index contributed by atoms with van der Waals surface area (Å²) in [5.41, 5.74) is 2.09. The summed E-state index contributed by atoms with van der Waals surface area (Å²) >= 11 is 0.959. The van der Waals surface area contributed by atoms with Crippen molar-refractivity contribution in [2.24, 2.45) is 0 Å². The fourth-order valence-electron chi connectivity index (χ4n) is 2.55. The smallest absolute Gasteiger partial charge is 0.290 e. The number of carbonyl (C=O) groups excluding carboxylic acids is 2. The molecule has 0 atom stereocenters. The van der Waals surface area contributed by atoms with Crippen LogP contribution in [-0.2, 0) is 4.79 Å². The van der Waals surface area contributed by atoms with E-state index in [2.05, 4.69) is 21.6 Å². The number of para-hydroxylation sites is 1. The third kappa shape index (κ3) is 3.28. The van der Waals surface area contributed by atoms with E-state index in [1.807, 2.05) is 18.2 Å². The average molecular weight is 303 g/mol. The van der Waals surface area contributed by atoms with E-state index in [0.29, 0.717) is 4.91 Å². The van der Waals surface area contributed by atoms with Gasteiger partial charge >= 0.3 is 0 Å². The highest BCUT2D eigenvalue weighted by Gasteiger charge is 2.25. The molecule has 3 rings (SSSR count). The second kappa shape index (κ2) is 6.32. The SMILES string of the molecule is O=C1NC(=O)C(=Cc2ccccc2N2CCCNCC2)S1. The molecule has 0 saturated carbocycles. The Labute approximate surface area is 127 Å². The maximum Gasteiger partial charge on any atom is 0.290 e. The number of hydrogen-bond donors (Lipinski definition) is 2. The molecule has 2 N–H and O–H groups in total. The molecule has 2 saturated heterocycles. The zero-order valence-corrected chi connectivity index (χ0v) is 12.4. The first-order chi connectivity index (χ1) is 10.2. The minimum Gasteiger partial charge on any atom is -0.370 e. The predicted molar refractivity (Wildman–Crippen MR) is 85.2 cm³/mol. The van der Waals surface area contributed by atoms with E-state index in [1.54, 1.807) is 6.08 Å². The van der Waals surface area contributed by atoms with Gasteiger partial charge in [-0.15, -0.1) is 0 Å². The Morgan fingerprint density at radius 3 is 2.81 bits per heavy atom. The first-order valence-corrected chi connectivity index (χ1v) is 7.85. The summed E-state index contributed by atoms with van der Waals surface area (Å²) in [7, 11) is 0. The number of rotatable bonds is 2. The monoisotopic (exact) mass is 303 g/mol. The molecule has 2 amide bonds. The number of nitrogens with zero attached hydrogens (tertiary/aromatic N) is 1. The highest BCUT2D eigenvalue weighted by molar-refractivity contribution is 8.18. The number of imide groups is 1. The van der Waals surface area contributed by atoms with Crippen molar-refractivity contribution in [3.63, 3.8) is 0 Å². The third-order valence-electron chi connectivity index (χ3n) is 3.55. The Kier molecular flexibility index (Phi) is 4.26. The fraction of sp³-hybridized carbons (Fsp3) is 0.333. The van der Waals surface area contributed by atoms with Gasteiger partial charge < -0.3 is 10.2 Å². The lowest BCUT2D eigenvalue weighted by Gasteiger charge is -2.24. The van der Waals surface area contributed by atoms with Crippen LogP contribution in [0.2, 0.25) is 0 Å². The van der Waals surface area contributed by atoms with Crippen LogP contribution in [-0.4, -0.2) is 37.3 Å². The highest BCUT2D eigenvalue weighted by atomic mass is 32.2. The van der Waals surface area contributed by atoms with Gasteiger partial charge in [0.05, 0.1) is 4.91 Å². The molecule has 0 radical (unpaired) electrons. The predicted octanol–water partition coefficient (Wildman–Crippen LogP) is 1.81. The van der Waals surface area contributed by atoms with Gasteiger partial charge in [0.1, 0.15) is 0 Å². The summed E-state index contributed by atoms with van der Waals surface area (Å²) in [6, 6.07) is 8.00. The number of anilines is 1. The van der Waals surface area contributed by atoms with Gasteiger partial charge in [-0.05, 0) is 42.4 Å². The lowest BCUT2D eigenvalue weighted by molar-refractivity contribution is -0.115. The van der Waals surface area contributed by atoms with E-state index in [1.165, 1.54) is 0 Å². The molecule has 110 valence electrons. The zero-order chi connectivity index (χ0) is 14.7. The van der Waals surface area contributed by atoms with Crippen molar-refractivity contribution in [1.82, 2.24) is 10.6 Å². The summed E-state index contributed by atoms with van der Waals surface area (Å²) < 4.78 is 0. The second-order valence-corrected chi connectivity index (χ2v) is 6.02. The van der Waals surface area contributed by atoms with Crippen LogP contribution in [0.5, 0.6) is 0 Å². The Bertz CT molecular complexity index is 592. The molecule has 2 aliphatic rings. The number of hydrogen-bond acceptors (Lipinski definition) is 5. The summed E-state index contributed by atoms with van der Waals surface area (Å²) in [5, 5.41) is 5.37. The van der Waals surface area contributed by atoms with Crippen LogP contribution in [0.1, 0.15) is 12.0 Å². The van der Waals surface area contributed by atoms with E-state index in [-0.39, 0.29) is 11.1 Å². The van der Waals surface area contributed by atoms with Crippen LogP contribution in [0, 0.1) is 0 Å². The molecule has 2 aliphatic heterocycles. The molecule has 0 aromatic heterocycles. The molecular weight excluding hydrogens is 286 g/mol. The lowest BCUT2D eigenvalue weighted by Crippen LogP contribution is -2.28. The van der Waals surface area contributed by atoms with Crippen LogP contribution in [0.4, 0.5) is 10.5 Å². The number of carbonyl (C=O) groups is 2. The van der Waals surface area contributed by atoms with Crippen LogP contribution in [0.3, 0.4) is 0 Å². The molecule has 2 fully saturated rings. The van der Waals surface area contributed by atoms with E-state index < -0.39 is 0 Å². The van der Waals surface area contributed by atoms with Crippen molar-refractivity contribution in [2.45, 2.75) is 6.42 Å². The maximum absolute atomic E-state index is 11.7. The van der Waals surface area contributed by atoms with Gasteiger partial charge in [-0.1, -0.05) is 18.2 Å². The summed E-state index contributed by atoms with van der Waals surface area (Å²) in [6.45, 7) is 3.93. The van der Waals surface area contributed by atoms with Crippen LogP contribution >= 0.6 is 11.8 Å². The largest absolute Gasteiger partial charge is 0.370 e. The van der Waals surface area contributed by atoms with Gasteiger partial charge in [0.2, 0.25) is 0 Å². The highest BCUT2D eigenvalue weighted by Crippen LogP contribution is 2.29. The van der Waals surface area contributed by atoms with Gasteiger partial charge in [-0.2, -0.15) is 0 Å². The number of thioether (sulfide) groups is 1. The lowest BCUT2D eigenvalue weighted by atomic mass is 10.1. The van der Waals surface area contributed by atoms with Gasteiger partial charge in [0.15, 0.2) is 0 Å². The number of benzene rings is 1. The molecule has 2 heterocycles. The van der Waals surface area contributed by atoms with Gasteiger partial charge in [-0.25, -0.2) is 0 Å². The maximum atomic E-state index is 11.7. The van der Waals surface area contributed by atoms with Gasteiger partial charge in [-0.3, -0.25) is 14.9 Å². The second-order valence-electron chi connectivity index (χ2n) is 5.00. The summed E-state index contributed by atoms with van der Waals surface area (Å²) in [6.07, 6.45) is 2.90. The molecular formula is C15H17N3O2S. The van der Waals surface area contributed by atoms with E-state index in [0.717, 1.165) is 55.6 Å². The Hall–Kier alpha value is -1.79. The molecule has 5 nitrogen and oxygen atoms in total. The molecule has 0 unspecified atom stereocenters. The first-order valence-electron chi connectivity index (χ1n) is 7.03. The average Bonchev–Trinajstić information content (AvgIpc) is 2.70. The molecule has 6 heteroatoms. The quantitative estimate of drug-likeness (QED) is 0.816. The fourth-order valence-corrected chi connectivity index (χ4v) is 3.22. The minimum atomic E-state index is -0.308. The Morgan fingerprint density at radius 2 is 2.00 bits per heavy atom. The van der Waals surface area contributed by atoms with Crippen molar-refractivity contribution in [2.75, 3.05) is 31.1 Å². The van der Waals surface area contributed by atoms with Crippen molar-refractivity contribution >= 4 is 34.7 Å². The molecule has 1 aromatic carbocycles. The number of amides is 2. The molecule has 0 spiro atoms. The van der Waals surface area contributed by atoms with Crippen molar-refractivity contribution in [3.8, 4) is 0 Å². The molecule has 0 aliphatic carbocycles. The van der Waals surface area contributed by atoms with Crippen LogP contribution < -0.4 is 15.5 Å². The van der Waals surface area contributed by atoms with E-state index in [4.69, 9.17) is 0 Å². The van der Waals surface area contributed by atoms with Crippen molar-refractivity contribution in [1.29, 1.82) is 0 Å². The van der Waals surface area contributed by atoms with E-state index >= 15 is 0 Å². The molecule has 1 aromatic rings. The van der Waals surface area contributed by atoms with E-state index in [9.17, 15) is 9.59 Å².